The number of ether oxygens (including phenoxy) is 6. The van der Waals surface area contributed by atoms with Crippen LogP contribution in [0.2, 0.25) is 0 Å². The first-order valence-corrected chi connectivity index (χ1v) is 14.0. The molecule has 2 heterocycles. The first kappa shape index (κ1) is 28.6. The number of hydrogen-bond donors (Lipinski definition) is 0. The Morgan fingerprint density at radius 3 is 2.33 bits per heavy atom. The zero-order chi connectivity index (χ0) is 28.3. The number of benzene rings is 2. The SMILES string of the molecule is COCc1ccc(Oc2ccc(/C=C/C(=O)O[C@@H]3CCC4(CO4)C(C4(C)OC4CC=C(C)C)[C@@H]3OC)cc2)cc1. The monoisotopic (exact) mass is 548 g/mol. The zero-order valence-corrected chi connectivity index (χ0v) is 24.1. The molecule has 0 amide bonds. The summed E-state index contributed by atoms with van der Waals surface area (Å²) in [7, 11) is 3.36. The summed E-state index contributed by atoms with van der Waals surface area (Å²) in [5.74, 6) is 1.07. The van der Waals surface area contributed by atoms with Crippen molar-refractivity contribution < 1.29 is 33.2 Å². The van der Waals surface area contributed by atoms with E-state index in [4.69, 9.17) is 28.4 Å². The van der Waals surface area contributed by atoms with Crippen LogP contribution in [-0.2, 0) is 35.1 Å². The van der Waals surface area contributed by atoms with Gasteiger partial charge in [-0.25, -0.2) is 4.79 Å². The van der Waals surface area contributed by atoms with Gasteiger partial charge in [0, 0.05) is 20.3 Å². The maximum atomic E-state index is 12.9. The van der Waals surface area contributed by atoms with Gasteiger partial charge < -0.3 is 28.4 Å². The molecule has 6 atom stereocenters. The first-order chi connectivity index (χ1) is 19.3. The second-order valence-corrected chi connectivity index (χ2v) is 11.4. The lowest BCUT2D eigenvalue weighted by molar-refractivity contribution is -0.166. The van der Waals surface area contributed by atoms with Crippen LogP contribution in [0.4, 0.5) is 0 Å². The third-order valence-electron chi connectivity index (χ3n) is 8.27. The van der Waals surface area contributed by atoms with Crippen molar-refractivity contribution in [2.24, 2.45) is 5.92 Å². The third kappa shape index (κ3) is 6.33. The molecule has 7 heteroatoms. The van der Waals surface area contributed by atoms with E-state index in [-0.39, 0.29) is 35.4 Å². The van der Waals surface area contributed by atoms with Crippen molar-refractivity contribution in [3.63, 3.8) is 0 Å². The lowest BCUT2D eigenvalue weighted by atomic mass is 9.68. The number of hydrogen-bond acceptors (Lipinski definition) is 7. The zero-order valence-electron chi connectivity index (χ0n) is 24.1. The molecule has 0 bridgehead atoms. The minimum atomic E-state index is -0.391. The molecule has 2 aromatic rings. The molecule has 4 unspecified atom stereocenters. The molecule has 5 rings (SSSR count). The van der Waals surface area contributed by atoms with Gasteiger partial charge in [-0.3, -0.25) is 0 Å². The fourth-order valence-corrected chi connectivity index (χ4v) is 6.03. The molecule has 1 aliphatic carbocycles. The maximum Gasteiger partial charge on any atom is 0.331 e. The molecule has 1 spiro atoms. The molecular weight excluding hydrogens is 508 g/mol. The molecule has 214 valence electrons. The van der Waals surface area contributed by atoms with Gasteiger partial charge in [-0.1, -0.05) is 35.9 Å². The average Bonchev–Trinajstić information content (AvgIpc) is 3.86. The van der Waals surface area contributed by atoms with Gasteiger partial charge in [-0.15, -0.1) is 0 Å². The molecule has 0 radical (unpaired) electrons. The number of methoxy groups -OCH3 is 2. The molecule has 2 aromatic carbocycles. The number of carbonyl (C=O) groups is 1. The van der Waals surface area contributed by atoms with Crippen LogP contribution in [0.5, 0.6) is 11.5 Å². The van der Waals surface area contributed by atoms with Crippen molar-refractivity contribution in [3.05, 3.63) is 77.4 Å². The van der Waals surface area contributed by atoms with Crippen LogP contribution in [0.25, 0.3) is 6.08 Å². The quantitative estimate of drug-likeness (QED) is 0.142. The van der Waals surface area contributed by atoms with E-state index in [9.17, 15) is 4.79 Å². The fraction of sp³-hybridized carbons (Fsp3) is 0.485. The standard InChI is InChI=1S/C33H40O7/c1-22(2)6-16-28-32(3,40-28)31-30(36-5)27(18-19-33(31)21-37-33)39-29(34)17-11-23-7-12-25(13-8-23)38-26-14-9-24(10-15-26)20-35-4/h6-15,17,27-28,30-31H,16,18-21H2,1-5H3/b17-11+/t27-,28?,30-,31?,32?,33?/m1/s1. The van der Waals surface area contributed by atoms with E-state index in [1.165, 1.54) is 11.6 Å². The van der Waals surface area contributed by atoms with Crippen molar-refractivity contribution >= 4 is 12.0 Å². The minimum Gasteiger partial charge on any atom is -0.457 e. The molecule has 0 aromatic heterocycles. The Morgan fingerprint density at radius 1 is 1.05 bits per heavy atom. The summed E-state index contributed by atoms with van der Waals surface area (Å²) in [6.07, 6.45) is 7.27. The van der Waals surface area contributed by atoms with Crippen LogP contribution in [0.15, 0.2) is 66.3 Å². The van der Waals surface area contributed by atoms with E-state index in [1.807, 2.05) is 48.5 Å². The lowest BCUT2D eigenvalue weighted by Gasteiger charge is -2.42. The van der Waals surface area contributed by atoms with Gasteiger partial charge >= 0.3 is 5.97 Å². The topological polar surface area (TPSA) is 79.1 Å². The molecule has 3 aliphatic rings. The molecule has 0 N–H and O–H groups in total. The van der Waals surface area contributed by atoms with Gasteiger partial charge in [-0.2, -0.15) is 0 Å². The van der Waals surface area contributed by atoms with E-state index < -0.39 is 5.97 Å². The summed E-state index contributed by atoms with van der Waals surface area (Å²) in [6, 6.07) is 15.3. The lowest BCUT2D eigenvalue weighted by Crippen LogP contribution is -2.55. The van der Waals surface area contributed by atoms with Crippen molar-refractivity contribution in [1.82, 2.24) is 0 Å². The number of esters is 1. The first-order valence-electron chi connectivity index (χ1n) is 14.0. The summed E-state index contributed by atoms with van der Waals surface area (Å²) in [5, 5.41) is 0. The molecule has 3 fully saturated rings. The van der Waals surface area contributed by atoms with Crippen molar-refractivity contribution in [1.29, 1.82) is 0 Å². The van der Waals surface area contributed by atoms with E-state index in [0.717, 1.165) is 29.7 Å². The summed E-state index contributed by atoms with van der Waals surface area (Å²) >= 11 is 0. The Kier molecular flexibility index (Phi) is 8.47. The summed E-state index contributed by atoms with van der Waals surface area (Å²) in [5.41, 5.74) is 2.62. The fourth-order valence-electron chi connectivity index (χ4n) is 6.03. The third-order valence-corrected chi connectivity index (χ3v) is 8.27. The van der Waals surface area contributed by atoms with Crippen LogP contribution in [0.3, 0.4) is 0 Å². The van der Waals surface area contributed by atoms with Crippen molar-refractivity contribution in [3.8, 4) is 11.5 Å². The largest absolute Gasteiger partial charge is 0.457 e. The Balaban J connectivity index is 1.18. The number of allylic oxidation sites excluding steroid dienone is 1. The van der Waals surface area contributed by atoms with Crippen LogP contribution in [0.1, 0.15) is 51.2 Å². The Hall–Kier alpha value is -2.97. The van der Waals surface area contributed by atoms with Crippen LogP contribution < -0.4 is 4.74 Å². The molecule has 2 saturated heterocycles. The Bertz CT molecular complexity index is 1220. The number of epoxide rings is 2. The predicted molar refractivity (Wildman–Crippen MR) is 152 cm³/mol. The Morgan fingerprint density at radius 2 is 1.73 bits per heavy atom. The highest BCUT2D eigenvalue weighted by molar-refractivity contribution is 5.87. The number of carbonyl (C=O) groups excluding carboxylic acids is 1. The van der Waals surface area contributed by atoms with E-state index in [0.29, 0.717) is 25.4 Å². The van der Waals surface area contributed by atoms with Gasteiger partial charge in [0.1, 0.15) is 34.9 Å². The number of rotatable bonds is 11. The normalized spacial score (nSPS) is 30.7. The molecule has 40 heavy (non-hydrogen) atoms. The van der Waals surface area contributed by atoms with Gasteiger partial charge in [0.15, 0.2) is 0 Å². The van der Waals surface area contributed by atoms with Crippen molar-refractivity contribution in [2.75, 3.05) is 20.8 Å². The van der Waals surface area contributed by atoms with Crippen LogP contribution >= 0.6 is 0 Å². The highest BCUT2D eigenvalue weighted by Gasteiger charge is 2.72. The molecule has 7 nitrogen and oxygen atoms in total. The second kappa shape index (κ2) is 11.9. The average molecular weight is 549 g/mol. The Labute approximate surface area is 237 Å². The summed E-state index contributed by atoms with van der Waals surface area (Å²) < 4.78 is 35.2. The minimum absolute atomic E-state index is 0.000169. The van der Waals surface area contributed by atoms with Crippen LogP contribution in [-0.4, -0.2) is 56.3 Å². The molecule has 2 aliphatic heterocycles. The highest BCUT2D eigenvalue weighted by atomic mass is 16.6. The van der Waals surface area contributed by atoms with Crippen molar-refractivity contribution in [2.45, 2.75) is 76.2 Å². The second-order valence-electron chi connectivity index (χ2n) is 11.4. The maximum absolute atomic E-state index is 12.9. The predicted octanol–water partition coefficient (Wildman–Crippen LogP) is 6.26. The highest BCUT2D eigenvalue weighted by Crippen LogP contribution is 2.59. The van der Waals surface area contributed by atoms with Gasteiger partial charge in [0.25, 0.3) is 0 Å². The van der Waals surface area contributed by atoms with Gasteiger partial charge in [0.05, 0.1) is 25.2 Å². The van der Waals surface area contributed by atoms with E-state index in [2.05, 4.69) is 26.8 Å². The van der Waals surface area contributed by atoms with E-state index in [1.54, 1.807) is 20.3 Å². The molecular formula is C33H40O7. The summed E-state index contributed by atoms with van der Waals surface area (Å²) in [4.78, 5) is 12.9. The summed E-state index contributed by atoms with van der Waals surface area (Å²) in [6.45, 7) is 7.60. The smallest absolute Gasteiger partial charge is 0.331 e. The van der Waals surface area contributed by atoms with E-state index >= 15 is 0 Å². The van der Waals surface area contributed by atoms with Gasteiger partial charge in [-0.05, 0) is 81.5 Å². The molecule has 1 saturated carbocycles. The van der Waals surface area contributed by atoms with Crippen LogP contribution in [0, 0.1) is 5.92 Å². The van der Waals surface area contributed by atoms with Gasteiger partial charge in [0.2, 0.25) is 0 Å².